The fourth-order valence-corrected chi connectivity index (χ4v) is 4.03. The van der Waals surface area contributed by atoms with E-state index in [1.807, 2.05) is 75.4 Å². The van der Waals surface area contributed by atoms with Gasteiger partial charge in [0.15, 0.2) is 0 Å². The Morgan fingerprint density at radius 1 is 1.04 bits per heavy atom. The molecule has 3 nitrogen and oxygen atoms in total. The zero-order valence-corrected chi connectivity index (χ0v) is 15.4. The van der Waals surface area contributed by atoms with E-state index in [9.17, 15) is 8.42 Å². The van der Waals surface area contributed by atoms with Crippen LogP contribution in [0.4, 0.5) is 0 Å². The second kappa shape index (κ2) is 6.73. The van der Waals surface area contributed by atoms with Gasteiger partial charge >= 0.3 is 0 Å². The van der Waals surface area contributed by atoms with Gasteiger partial charge in [-0.05, 0) is 39.0 Å². The van der Waals surface area contributed by atoms with E-state index in [4.69, 9.17) is 0 Å². The highest BCUT2D eigenvalue weighted by molar-refractivity contribution is 7.90. The molecule has 0 saturated carbocycles. The highest BCUT2D eigenvalue weighted by Gasteiger charge is 2.20. The monoisotopic (exact) mass is 351 g/mol. The van der Waals surface area contributed by atoms with Crippen molar-refractivity contribution in [1.82, 2.24) is 3.97 Å². The van der Waals surface area contributed by atoms with E-state index in [0.29, 0.717) is 10.4 Å². The number of hydrogen-bond donors (Lipinski definition) is 0. The molecule has 128 valence electrons. The molecule has 0 unspecified atom stereocenters. The van der Waals surface area contributed by atoms with Crippen LogP contribution in [-0.4, -0.2) is 12.4 Å². The molecule has 3 rings (SSSR count). The number of hydrogen-bond acceptors (Lipinski definition) is 2. The second-order valence-electron chi connectivity index (χ2n) is 6.08. The molecule has 0 aliphatic carbocycles. The van der Waals surface area contributed by atoms with Crippen LogP contribution in [0.25, 0.3) is 17.0 Å². The minimum Gasteiger partial charge on any atom is -0.241 e. The van der Waals surface area contributed by atoms with Crippen molar-refractivity contribution in [3.05, 3.63) is 83.6 Å². The van der Waals surface area contributed by atoms with Crippen molar-refractivity contribution >= 4 is 27.0 Å². The fraction of sp³-hybridized carbons (Fsp3) is 0.143. The first-order chi connectivity index (χ1) is 11.9. The first kappa shape index (κ1) is 17.2. The number of rotatable bonds is 4. The largest absolute Gasteiger partial charge is 0.268 e. The summed E-state index contributed by atoms with van der Waals surface area (Å²) in [5, 5.41) is 0.915. The molecule has 0 spiro atoms. The van der Waals surface area contributed by atoms with Crippen LogP contribution >= 0.6 is 0 Å². The van der Waals surface area contributed by atoms with Gasteiger partial charge in [-0.3, -0.25) is 0 Å². The zero-order chi connectivity index (χ0) is 18.0. The van der Waals surface area contributed by atoms with Gasteiger partial charge in [0.05, 0.1) is 10.4 Å². The molecule has 0 saturated heterocycles. The van der Waals surface area contributed by atoms with E-state index in [0.717, 1.165) is 22.1 Å². The van der Waals surface area contributed by atoms with Gasteiger partial charge in [-0.25, -0.2) is 12.4 Å². The van der Waals surface area contributed by atoms with Crippen molar-refractivity contribution < 1.29 is 8.42 Å². The highest BCUT2D eigenvalue weighted by Crippen LogP contribution is 2.27. The van der Waals surface area contributed by atoms with Gasteiger partial charge in [0, 0.05) is 17.1 Å². The Balaban J connectivity index is 2.20. The van der Waals surface area contributed by atoms with Crippen molar-refractivity contribution in [2.75, 3.05) is 0 Å². The maximum atomic E-state index is 13.1. The molecular weight excluding hydrogens is 330 g/mol. The highest BCUT2D eigenvalue weighted by atomic mass is 32.2. The number of allylic oxidation sites excluding steroid dienone is 3. The van der Waals surface area contributed by atoms with Gasteiger partial charge in [-0.2, -0.15) is 0 Å². The lowest BCUT2D eigenvalue weighted by molar-refractivity contribution is 0.589. The third kappa shape index (κ3) is 3.30. The normalized spacial score (nSPS) is 13.0. The first-order valence-corrected chi connectivity index (χ1v) is 9.61. The summed E-state index contributed by atoms with van der Waals surface area (Å²) >= 11 is 0. The standard InChI is InChI=1S/C21H21NO2S/c1-4-16(2)9-12-18-15-22(21-8-6-5-7-20(18)21)25(23,24)19-13-10-17(3)11-14-19/h4-15H,1-3H3/b12-9+,16-4-. The predicted octanol–water partition coefficient (Wildman–Crippen LogP) is 5.17. The molecule has 0 radical (unpaired) electrons. The number of para-hydroxylation sites is 1. The van der Waals surface area contributed by atoms with E-state index in [1.54, 1.807) is 18.3 Å². The smallest absolute Gasteiger partial charge is 0.241 e. The Bertz CT molecular complexity index is 1070. The lowest BCUT2D eigenvalue weighted by Gasteiger charge is -2.07. The molecule has 1 aromatic heterocycles. The van der Waals surface area contributed by atoms with E-state index in [1.165, 1.54) is 3.97 Å². The van der Waals surface area contributed by atoms with Crippen LogP contribution in [0.5, 0.6) is 0 Å². The molecule has 4 heteroatoms. The number of aromatic nitrogens is 1. The van der Waals surface area contributed by atoms with Crippen LogP contribution in [0.1, 0.15) is 25.0 Å². The minimum absolute atomic E-state index is 0.291. The van der Waals surface area contributed by atoms with E-state index < -0.39 is 10.0 Å². The Morgan fingerprint density at radius 3 is 2.40 bits per heavy atom. The summed E-state index contributed by atoms with van der Waals surface area (Å²) in [4.78, 5) is 0.291. The second-order valence-corrected chi connectivity index (χ2v) is 7.90. The van der Waals surface area contributed by atoms with Gasteiger partial charge in [-0.1, -0.05) is 59.7 Å². The number of benzene rings is 2. The molecule has 2 aromatic carbocycles. The summed E-state index contributed by atoms with van der Waals surface area (Å²) in [7, 11) is -3.64. The van der Waals surface area contributed by atoms with Crippen molar-refractivity contribution in [3.8, 4) is 0 Å². The minimum atomic E-state index is -3.64. The summed E-state index contributed by atoms with van der Waals surface area (Å²) in [5.74, 6) is 0. The molecule has 3 aromatic rings. The third-order valence-corrected chi connectivity index (χ3v) is 5.96. The SMILES string of the molecule is C/C=C(C)\C=C\c1cn(S(=O)(=O)c2ccc(C)cc2)c2ccccc12. The predicted molar refractivity (Wildman–Crippen MR) is 104 cm³/mol. The number of aryl methyl sites for hydroxylation is 1. The molecule has 0 aliphatic rings. The number of fused-ring (bicyclic) bond motifs is 1. The molecular formula is C21H21NO2S. The summed E-state index contributed by atoms with van der Waals surface area (Å²) in [6.45, 7) is 5.93. The molecule has 1 heterocycles. The van der Waals surface area contributed by atoms with Crippen LogP contribution < -0.4 is 0 Å². The lowest BCUT2D eigenvalue weighted by Crippen LogP contribution is -2.11. The summed E-state index contributed by atoms with van der Waals surface area (Å²) < 4.78 is 27.6. The summed E-state index contributed by atoms with van der Waals surface area (Å²) in [6.07, 6.45) is 7.65. The molecule has 0 bridgehead atoms. The summed E-state index contributed by atoms with van der Waals surface area (Å²) in [5.41, 5.74) is 3.72. The Morgan fingerprint density at radius 2 is 1.72 bits per heavy atom. The molecule has 0 fully saturated rings. The first-order valence-electron chi connectivity index (χ1n) is 8.17. The zero-order valence-electron chi connectivity index (χ0n) is 14.6. The topological polar surface area (TPSA) is 39.1 Å². The fourth-order valence-electron chi connectivity index (χ4n) is 2.65. The average Bonchev–Trinajstić information content (AvgIpc) is 2.99. The Labute approximate surface area is 149 Å². The van der Waals surface area contributed by atoms with Crippen LogP contribution in [0.2, 0.25) is 0 Å². The van der Waals surface area contributed by atoms with Crippen LogP contribution in [0.3, 0.4) is 0 Å². The van der Waals surface area contributed by atoms with E-state index in [-0.39, 0.29) is 0 Å². The lowest BCUT2D eigenvalue weighted by atomic mass is 10.1. The summed E-state index contributed by atoms with van der Waals surface area (Å²) in [6, 6.07) is 14.5. The van der Waals surface area contributed by atoms with Crippen molar-refractivity contribution in [2.45, 2.75) is 25.7 Å². The van der Waals surface area contributed by atoms with E-state index >= 15 is 0 Å². The maximum absolute atomic E-state index is 13.1. The Hall–Kier alpha value is -2.59. The quantitative estimate of drug-likeness (QED) is 0.609. The number of nitrogens with zero attached hydrogens (tertiary/aromatic N) is 1. The molecule has 0 atom stereocenters. The van der Waals surface area contributed by atoms with E-state index in [2.05, 4.69) is 0 Å². The third-order valence-electron chi connectivity index (χ3n) is 4.27. The molecule has 0 amide bonds. The van der Waals surface area contributed by atoms with Crippen molar-refractivity contribution in [1.29, 1.82) is 0 Å². The van der Waals surface area contributed by atoms with Crippen LogP contribution in [0, 0.1) is 6.92 Å². The van der Waals surface area contributed by atoms with Gasteiger partial charge in [0.2, 0.25) is 0 Å². The average molecular weight is 351 g/mol. The van der Waals surface area contributed by atoms with Gasteiger partial charge < -0.3 is 0 Å². The van der Waals surface area contributed by atoms with Gasteiger partial charge in [0.1, 0.15) is 0 Å². The molecule has 0 N–H and O–H groups in total. The van der Waals surface area contributed by atoms with Gasteiger partial charge in [0.25, 0.3) is 10.0 Å². The maximum Gasteiger partial charge on any atom is 0.268 e. The molecule has 25 heavy (non-hydrogen) atoms. The Kier molecular flexibility index (Phi) is 4.64. The van der Waals surface area contributed by atoms with Crippen LogP contribution in [-0.2, 0) is 10.0 Å². The van der Waals surface area contributed by atoms with Crippen molar-refractivity contribution in [3.63, 3.8) is 0 Å². The van der Waals surface area contributed by atoms with Gasteiger partial charge in [-0.15, -0.1) is 0 Å². The van der Waals surface area contributed by atoms with Crippen molar-refractivity contribution in [2.24, 2.45) is 0 Å². The van der Waals surface area contributed by atoms with Crippen LogP contribution in [0.15, 0.2) is 77.3 Å². The molecule has 0 aliphatic heterocycles.